The highest BCUT2D eigenvalue weighted by molar-refractivity contribution is 7.47. The van der Waals surface area contributed by atoms with Gasteiger partial charge in [-0.05, 0) is 128 Å². The van der Waals surface area contributed by atoms with Crippen LogP contribution in [-0.2, 0) is 32.7 Å². The van der Waals surface area contributed by atoms with Crippen LogP contribution in [0.5, 0.6) is 0 Å². The standard InChI is InChI=1S/C90H154NO8P/c1-6-8-10-12-14-16-18-20-22-24-26-28-30-32-34-36-38-40-42-44-45-47-49-51-53-55-57-59-61-63-65-67-69-71-73-75-77-79-81-83-90(93)99-88(87-98-100(94,95)97-85-84-91(3,4)5)86-96-89(92)82-80-78-76-74-72-70-68-66-64-62-60-58-56-54-52-50-48-46-43-41-39-37-35-33-31-29-27-25-23-21-19-17-15-13-11-9-7-2/h8,10,14,16,19-22,25-28,31-34,38,40,44-45,49,51,55,57,61,63,88H,6-7,9,11-13,15,17-18,23-24,29-30,35-37,39,41-43,46-48,50,52-54,56,58-60,62,64-87H2,1-5H3/p+1/b10-8-,16-14-,21-19-,22-20-,27-25-,28-26-,33-31-,34-32-,40-38-,45-44-,51-49-,57-55-,63-61-. The minimum atomic E-state index is -4.41. The van der Waals surface area contributed by atoms with Crippen LogP contribution in [0.1, 0.15) is 348 Å². The zero-order valence-corrected chi connectivity index (χ0v) is 66.3. The minimum absolute atomic E-state index is 0.0243. The number of hydrogen-bond acceptors (Lipinski definition) is 7. The Morgan fingerprint density at radius 2 is 0.570 bits per heavy atom. The minimum Gasteiger partial charge on any atom is -0.462 e. The molecule has 0 aliphatic heterocycles. The van der Waals surface area contributed by atoms with Gasteiger partial charge in [-0.25, -0.2) is 4.57 Å². The third-order valence-corrected chi connectivity index (χ3v) is 18.5. The van der Waals surface area contributed by atoms with E-state index in [1.807, 2.05) is 21.1 Å². The largest absolute Gasteiger partial charge is 0.472 e. The van der Waals surface area contributed by atoms with E-state index in [1.165, 1.54) is 193 Å². The molecule has 0 heterocycles. The average molecular weight is 1410 g/mol. The second kappa shape index (κ2) is 78.8. The van der Waals surface area contributed by atoms with E-state index in [2.05, 4.69) is 172 Å². The molecule has 1 N–H and O–H groups in total. The number of esters is 2. The SMILES string of the molecule is CC/C=C\C/C=C\C/C=C\C/C=C\C/C=C\C/C=C\C/C=C\C/C=C\C/C=C\C/C=C\CCCCCCCCCCC(=O)OC(COC(=O)CCCCCCCCCCCCCCCCCCCCCCCC/C=C\C/C=C\C/C=C\CCCCCCC)COP(=O)(O)OCC[N+](C)(C)C. The topological polar surface area (TPSA) is 108 Å². The Labute approximate surface area is 617 Å². The third kappa shape index (κ3) is 82.6. The van der Waals surface area contributed by atoms with Crippen molar-refractivity contribution in [2.24, 2.45) is 0 Å². The summed E-state index contributed by atoms with van der Waals surface area (Å²) < 4.78 is 34.8. The molecule has 2 atom stereocenters. The number of ether oxygens (including phenoxy) is 2. The maximum atomic E-state index is 12.9. The van der Waals surface area contributed by atoms with Crippen molar-refractivity contribution >= 4 is 19.8 Å². The summed E-state index contributed by atoms with van der Waals surface area (Å²) in [7, 11) is 1.47. The first-order chi connectivity index (χ1) is 49.0. The summed E-state index contributed by atoms with van der Waals surface area (Å²) in [6.07, 6.45) is 118. The number of carbonyl (C=O) groups is 2. The van der Waals surface area contributed by atoms with Crippen LogP contribution >= 0.6 is 7.82 Å². The fraction of sp³-hybridized carbons (Fsp3) is 0.689. The van der Waals surface area contributed by atoms with Gasteiger partial charge in [0.2, 0.25) is 0 Å². The summed E-state index contributed by atoms with van der Waals surface area (Å²) in [5.41, 5.74) is 0. The highest BCUT2D eigenvalue weighted by Gasteiger charge is 2.27. The van der Waals surface area contributed by atoms with Crippen molar-refractivity contribution in [1.82, 2.24) is 0 Å². The molecule has 0 spiro atoms. The quantitative estimate of drug-likeness (QED) is 0.0211. The van der Waals surface area contributed by atoms with E-state index in [0.29, 0.717) is 17.4 Å². The first-order valence-corrected chi connectivity index (χ1v) is 42.7. The van der Waals surface area contributed by atoms with Crippen LogP contribution in [0.4, 0.5) is 0 Å². The van der Waals surface area contributed by atoms with Crippen molar-refractivity contribution in [1.29, 1.82) is 0 Å². The molecule has 0 aliphatic rings. The van der Waals surface area contributed by atoms with Gasteiger partial charge in [-0.3, -0.25) is 18.6 Å². The number of hydrogen-bond donors (Lipinski definition) is 1. The molecule has 9 nitrogen and oxygen atoms in total. The normalized spacial score (nSPS) is 13.9. The van der Waals surface area contributed by atoms with Crippen LogP contribution in [0.2, 0.25) is 0 Å². The molecular formula is C90H155NO8P+. The highest BCUT2D eigenvalue weighted by atomic mass is 31.2. The molecule has 0 aromatic heterocycles. The summed E-state index contributed by atoms with van der Waals surface area (Å²) in [6.45, 7) is 4.32. The van der Waals surface area contributed by atoms with Crippen LogP contribution in [0.15, 0.2) is 158 Å². The van der Waals surface area contributed by atoms with Crippen LogP contribution < -0.4 is 0 Å². The monoisotopic (exact) mass is 1410 g/mol. The van der Waals surface area contributed by atoms with Gasteiger partial charge in [-0.2, -0.15) is 0 Å². The van der Waals surface area contributed by atoms with E-state index in [0.717, 1.165) is 122 Å². The molecule has 0 saturated heterocycles. The van der Waals surface area contributed by atoms with Crippen LogP contribution in [0, 0.1) is 0 Å². The maximum absolute atomic E-state index is 12.9. The maximum Gasteiger partial charge on any atom is 0.472 e. The number of quaternary nitrogens is 1. The van der Waals surface area contributed by atoms with Crippen molar-refractivity contribution < 1.29 is 42.1 Å². The van der Waals surface area contributed by atoms with Gasteiger partial charge in [0.15, 0.2) is 6.10 Å². The molecule has 0 radical (unpaired) electrons. The van der Waals surface area contributed by atoms with Gasteiger partial charge < -0.3 is 18.9 Å². The Kier molecular flexibility index (Phi) is 75.3. The van der Waals surface area contributed by atoms with Gasteiger partial charge >= 0.3 is 19.8 Å². The van der Waals surface area contributed by atoms with Crippen molar-refractivity contribution in [3.63, 3.8) is 0 Å². The van der Waals surface area contributed by atoms with Crippen molar-refractivity contribution in [3.8, 4) is 0 Å². The highest BCUT2D eigenvalue weighted by Crippen LogP contribution is 2.43. The number of likely N-dealkylation sites (N-methyl/N-ethyl adjacent to an activating group) is 1. The van der Waals surface area contributed by atoms with Crippen molar-refractivity contribution in [2.45, 2.75) is 354 Å². The number of allylic oxidation sites excluding steroid dienone is 26. The fourth-order valence-electron chi connectivity index (χ4n) is 11.3. The molecule has 572 valence electrons. The molecule has 2 unspecified atom stereocenters. The number of nitrogens with zero attached hydrogens (tertiary/aromatic N) is 1. The predicted octanol–water partition coefficient (Wildman–Crippen LogP) is 27.8. The van der Waals surface area contributed by atoms with Crippen LogP contribution in [0.3, 0.4) is 0 Å². The van der Waals surface area contributed by atoms with E-state index in [4.69, 9.17) is 18.5 Å². The average Bonchev–Trinajstić information content (AvgIpc) is 1.07. The lowest BCUT2D eigenvalue weighted by Gasteiger charge is -2.24. The van der Waals surface area contributed by atoms with Gasteiger partial charge in [-0.1, -0.05) is 364 Å². The zero-order chi connectivity index (χ0) is 72.5. The van der Waals surface area contributed by atoms with Crippen molar-refractivity contribution in [2.75, 3.05) is 47.5 Å². The molecule has 10 heteroatoms. The summed E-state index contributed by atoms with van der Waals surface area (Å²) >= 11 is 0. The lowest BCUT2D eigenvalue weighted by atomic mass is 10.0. The Balaban J connectivity index is 4.02. The van der Waals surface area contributed by atoms with Crippen LogP contribution in [0.25, 0.3) is 0 Å². The smallest absolute Gasteiger partial charge is 0.462 e. The molecule has 0 aliphatic carbocycles. The number of unbranched alkanes of at least 4 members (excludes halogenated alkanes) is 35. The van der Waals surface area contributed by atoms with Gasteiger partial charge in [0.25, 0.3) is 0 Å². The first-order valence-electron chi connectivity index (χ1n) is 41.2. The molecule has 0 amide bonds. The molecule has 100 heavy (non-hydrogen) atoms. The molecule has 0 saturated carbocycles. The zero-order valence-electron chi connectivity index (χ0n) is 65.4. The number of rotatable bonds is 75. The van der Waals surface area contributed by atoms with Gasteiger partial charge in [0.1, 0.15) is 19.8 Å². The molecule has 0 aromatic carbocycles. The van der Waals surface area contributed by atoms with E-state index < -0.39 is 26.5 Å². The van der Waals surface area contributed by atoms with Crippen molar-refractivity contribution in [3.05, 3.63) is 158 Å². The van der Waals surface area contributed by atoms with Gasteiger partial charge in [-0.15, -0.1) is 0 Å². The van der Waals surface area contributed by atoms with E-state index in [9.17, 15) is 19.0 Å². The van der Waals surface area contributed by atoms with Gasteiger partial charge in [0, 0.05) is 12.8 Å². The molecule has 0 fully saturated rings. The predicted molar refractivity (Wildman–Crippen MR) is 436 cm³/mol. The Hall–Kier alpha value is -4.37. The first kappa shape index (κ1) is 95.6. The van der Waals surface area contributed by atoms with Gasteiger partial charge in [0.05, 0.1) is 27.7 Å². The second-order valence-corrected chi connectivity index (χ2v) is 29.9. The summed E-state index contributed by atoms with van der Waals surface area (Å²) in [5.74, 6) is -0.803. The number of phosphoric ester groups is 1. The van der Waals surface area contributed by atoms with E-state index in [1.54, 1.807) is 0 Å². The molecule has 0 rings (SSSR count). The Morgan fingerprint density at radius 3 is 0.850 bits per heavy atom. The summed E-state index contributed by atoms with van der Waals surface area (Å²) in [5, 5.41) is 0. The lowest BCUT2D eigenvalue weighted by Crippen LogP contribution is -2.37. The molecular weight excluding hydrogens is 1250 g/mol. The number of phosphoric acid groups is 1. The Bertz CT molecular complexity index is 2250. The fourth-order valence-corrected chi connectivity index (χ4v) is 12.0. The van der Waals surface area contributed by atoms with E-state index in [-0.39, 0.29) is 32.0 Å². The van der Waals surface area contributed by atoms with E-state index >= 15 is 0 Å². The second-order valence-electron chi connectivity index (χ2n) is 28.4. The Morgan fingerprint density at radius 1 is 0.320 bits per heavy atom. The molecule has 0 bridgehead atoms. The third-order valence-electron chi connectivity index (χ3n) is 17.5. The lowest BCUT2D eigenvalue weighted by molar-refractivity contribution is -0.870. The summed E-state index contributed by atoms with van der Waals surface area (Å²) in [6, 6.07) is 0. The number of carbonyl (C=O) groups excluding carboxylic acids is 2. The summed E-state index contributed by atoms with van der Waals surface area (Å²) in [4.78, 5) is 36.0. The molecule has 0 aromatic rings. The van der Waals surface area contributed by atoms with Crippen LogP contribution in [-0.4, -0.2) is 74.9 Å².